The van der Waals surface area contributed by atoms with Gasteiger partial charge in [0.2, 0.25) is 5.91 Å². The first-order valence-electron chi connectivity index (χ1n) is 9.09. The molecule has 2 heterocycles. The average molecular weight is 334 g/mol. The molecule has 1 aromatic rings. The van der Waals surface area contributed by atoms with Crippen LogP contribution < -0.4 is 5.32 Å². The average Bonchev–Trinajstić information content (AvgIpc) is 2.65. The number of nitrogens with zero attached hydrogens (tertiary/aromatic N) is 1. The number of benzene rings is 1. The maximum absolute atomic E-state index is 13.3. The highest BCUT2D eigenvalue weighted by molar-refractivity contribution is 5.78. The van der Waals surface area contributed by atoms with Crippen molar-refractivity contribution in [3.63, 3.8) is 0 Å². The first-order valence-corrected chi connectivity index (χ1v) is 9.09. The lowest BCUT2D eigenvalue weighted by atomic mass is 9.98. The van der Waals surface area contributed by atoms with E-state index in [0.29, 0.717) is 19.8 Å². The first-order chi connectivity index (χ1) is 11.7. The Balaban J connectivity index is 1.64. The van der Waals surface area contributed by atoms with Crippen molar-refractivity contribution in [3.05, 3.63) is 35.6 Å². The smallest absolute Gasteiger partial charge is 0.223 e. The van der Waals surface area contributed by atoms with Gasteiger partial charge in [-0.15, -0.1) is 0 Å². The van der Waals surface area contributed by atoms with Gasteiger partial charge in [-0.1, -0.05) is 18.6 Å². The number of hydrogen-bond acceptors (Lipinski definition) is 3. The van der Waals surface area contributed by atoms with E-state index in [4.69, 9.17) is 4.74 Å². The number of nitrogens with one attached hydrogen (secondary N) is 1. The van der Waals surface area contributed by atoms with Crippen LogP contribution in [-0.4, -0.2) is 43.7 Å². The van der Waals surface area contributed by atoms with E-state index < -0.39 is 0 Å². The van der Waals surface area contributed by atoms with Crippen LogP contribution in [0.25, 0.3) is 0 Å². The Morgan fingerprint density at radius 1 is 1.17 bits per heavy atom. The molecule has 0 bridgehead atoms. The molecular formula is C19H27FN2O2. The van der Waals surface area contributed by atoms with Crippen molar-refractivity contribution >= 4 is 5.91 Å². The van der Waals surface area contributed by atoms with Gasteiger partial charge in [0.05, 0.1) is 6.04 Å². The number of likely N-dealkylation sites (tertiary alicyclic amines) is 1. The lowest BCUT2D eigenvalue weighted by molar-refractivity contribution is -0.128. The standard InChI is InChI=1S/C19H27FN2O2/c20-17-6-4-15(5-7-17)18(22-10-2-1-3-11-22)14-21-19(23)16-8-12-24-13-9-16/h4-7,16,18H,1-3,8-14H2,(H,21,23)/t18-/m1/s1. The molecule has 24 heavy (non-hydrogen) atoms. The quantitative estimate of drug-likeness (QED) is 0.900. The van der Waals surface area contributed by atoms with Crippen molar-refractivity contribution in [2.24, 2.45) is 5.92 Å². The van der Waals surface area contributed by atoms with Crippen LogP contribution in [0.3, 0.4) is 0 Å². The minimum absolute atomic E-state index is 0.0639. The molecule has 1 atom stereocenters. The van der Waals surface area contributed by atoms with E-state index in [2.05, 4.69) is 10.2 Å². The maximum Gasteiger partial charge on any atom is 0.223 e. The number of hydrogen-bond donors (Lipinski definition) is 1. The number of carbonyl (C=O) groups excluding carboxylic acids is 1. The van der Waals surface area contributed by atoms with Gasteiger partial charge in [-0.05, 0) is 56.5 Å². The van der Waals surface area contributed by atoms with E-state index in [9.17, 15) is 9.18 Å². The van der Waals surface area contributed by atoms with Crippen LogP contribution in [0.5, 0.6) is 0 Å². The lowest BCUT2D eigenvalue weighted by Gasteiger charge is -2.35. The molecule has 2 aliphatic rings. The summed E-state index contributed by atoms with van der Waals surface area (Å²) in [5, 5.41) is 3.13. The number of ether oxygens (including phenoxy) is 1. The molecule has 132 valence electrons. The van der Waals surface area contributed by atoms with Crippen molar-refractivity contribution < 1.29 is 13.9 Å². The van der Waals surface area contributed by atoms with Crippen LogP contribution in [0.4, 0.5) is 4.39 Å². The van der Waals surface area contributed by atoms with Crippen LogP contribution in [0, 0.1) is 11.7 Å². The molecular weight excluding hydrogens is 307 g/mol. The van der Waals surface area contributed by atoms with Gasteiger partial charge in [0.15, 0.2) is 0 Å². The zero-order valence-corrected chi connectivity index (χ0v) is 14.2. The fraction of sp³-hybridized carbons (Fsp3) is 0.632. The van der Waals surface area contributed by atoms with Crippen LogP contribution in [0.1, 0.15) is 43.7 Å². The molecule has 3 rings (SSSR count). The van der Waals surface area contributed by atoms with Gasteiger partial charge in [0.1, 0.15) is 5.82 Å². The fourth-order valence-corrected chi connectivity index (χ4v) is 3.67. The second kappa shape index (κ2) is 8.58. The van der Waals surface area contributed by atoms with Gasteiger partial charge in [0.25, 0.3) is 0 Å². The zero-order valence-electron chi connectivity index (χ0n) is 14.2. The van der Waals surface area contributed by atoms with Crippen molar-refractivity contribution in [2.75, 3.05) is 32.8 Å². The molecule has 1 aromatic carbocycles. The first kappa shape index (κ1) is 17.4. The van der Waals surface area contributed by atoms with Gasteiger partial charge < -0.3 is 10.1 Å². The molecule has 5 heteroatoms. The van der Waals surface area contributed by atoms with Gasteiger partial charge >= 0.3 is 0 Å². The Morgan fingerprint density at radius 3 is 2.50 bits per heavy atom. The van der Waals surface area contributed by atoms with Crippen molar-refractivity contribution in [1.29, 1.82) is 0 Å². The van der Waals surface area contributed by atoms with Gasteiger partial charge in [-0.25, -0.2) is 4.39 Å². The minimum Gasteiger partial charge on any atom is -0.381 e. The monoisotopic (exact) mass is 334 g/mol. The minimum atomic E-state index is -0.220. The van der Waals surface area contributed by atoms with Gasteiger partial charge in [-0.2, -0.15) is 0 Å². The Bertz CT molecular complexity index is 523. The van der Waals surface area contributed by atoms with Gasteiger partial charge in [-0.3, -0.25) is 9.69 Å². The second-order valence-electron chi connectivity index (χ2n) is 6.80. The van der Waals surface area contributed by atoms with Crippen LogP contribution in [0.2, 0.25) is 0 Å². The summed E-state index contributed by atoms with van der Waals surface area (Å²) in [7, 11) is 0. The van der Waals surface area contributed by atoms with E-state index in [1.54, 1.807) is 0 Å². The molecule has 0 spiro atoms. The Kier molecular flexibility index (Phi) is 6.21. The van der Waals surface area contributed by atoms with Crippen molar-refractivity contribution in [1.82, 2.24) is 10.2 Å². The van der Waals surface area contributed by atoms with E-state index in [0.717, 1.165) is 31.5 Å². The highest BCUT2D eigenvalue weighted by Gasteiger charge is 2.26. The van der Waals surface area contributed by atoms with Crippen LogP contribution in [0.15, 0.2) is 24.3 Å². The van der Waals surface area contributed by atoms with E-state index in [-0.39, 0.29) is 23.7 Å². The summed E-state index contributed by atoms with van der Waals surface area (Å²) < 4.78 is 18.6. The van der Waals surface area contributed by atoms with Crippen molar-refractivity contribution in [3.8, 4) is 0 Å². The fourth-order valence-electron chi connectivity index (χ4n) is 3.67. The zero-order chi connectivity index (χ0) is 16.8. The summed E-state index contributed by atoms with van der Waals surface area (Å²) in [6, 6.07) is 6.82. The SMILES string of the molecule is O=C(NC[C@H](c1ccc(F)cc1)N1CCCCC1)C1CCOCC1. The molecule has 2 saturated heterocycles. The third kappa shape index (κ3) is 4.54. The molecule has 1 N–H and O–H groups in total. The Morgan fingerprint density at radius 2 is 1.83 bits per heavy atom. The largest absolute Gasteiger partial charge is 0.381 e. The van der Waals surface area contributed by atoms with E-state index in [1.807, 2.05) is 12.1 Å². The van der Waals surface area contributed by atoms with Gasteiger partial charge in [0, 0.05) is 25.7 Å². The van der Waals surface area contributed by atoms with E-state index >= 15 is 0 Å². The summed E-state index contributed by atoms with van der Waals surface area (Å²) in [6.45, 7) is 4.00. The predicted molar refractivity (Wildman–Crippen MR) is 91.1 cm³/mol. The third-order valence-electron chi connectivity index (χ3n) is 5.15. The van der Waals surface area contributed by atoms with Crippen LogP contribution >= 0.6 is 0 Å². The topological polar surface area (TPSA) is 41.6 Å². The molecule has 4 nitrogen and oxygen atoms in total. The highest BCUT2D eigenvalue weighted by Crippen LogP contribution is 2.25. The summed E-state index contributed by atoms with van der Waals surface area (Å²) in [5.41, 5.74) is 1.07. The van der Waals surface area contributed by atoms with E-state index in [1.165, 1.54) is 31.4 Å². The maximum atomic E-state index is 13.3. The van der Waals surface area contributed by atoms with Crippen LogP contribution in [-0.2, 0) is 9.53 Å². The summed E-state index contributed by atoms with van der Waals surface area (Å²) in [5.74, 6) is -0.0289. The molecule has 0 radical (unpaired) electrons. The second-order valence-corrected chi connectivity index (χ2v) is 6.80. The molecule has 0 saturated carbocycles. The lowest BCUT2D eigenvalue weighted by Crippen LogP contribution is -2.42. The Hall–Kier alpha value is -1.46. The van der Waals surface area contributed by atoms with Crippen molar-refractivity contribution in [2.45, 2.75) is 38.1 Å². The number of halogens is 1. The molecule has 0 unspecified atom stereocenters. The summed E-state index contributed by atoms with van der Waals surface area (Å²) >= 11 is 0. The molecule has 1 amide bonds. The number of carbonyl (C=O) groups is 1. The Labute approximate surface area is 143 Å². The molecule has 0 aromatic heterocycles. The highest BCUT2D eigenvalue weighted by atomic mass is 19.1. The number of piperidine rings is 1. The molecule has 2 fully saturated rings. The normalized spacial score (nSPS) is 21.4. The summed E-state index contributed by atoms with van der Waals surface area (Å²) in [4.78, 5) is 14.8. The predicted octanol–water partition coefficient (Wildman–Crippen LogP) is 2.90. The molecule has 2 aliphatic heterocycles. The number of rotatable bonds is 5. The third-order valence-corrected chi connectivity index (χ3v) is 5.15. The number of amides is 1. The summed E-state index contributed by atoms with van der Waals surface area (Å²) in [6.07, 6.45) is 5.24. The molecule has 0 aliphatic carbocycles.